The van der Waals surface area contributed by atoms with Gasteiger partial charge in [0.25, 0.3) is 0 Å². The highest BCUT2D eigenvalue weighted by molar-refractivity contribution is 7.90. The van der Waals surface area contributed by atoms with Crippen LogP contribution in [0.15, 0.2) is 30.3 Å². The number of hydrogen-bond donors (Lipinski definition) is 1. The Labute approximate surface area is 118 Å². The lowest BCUT2D eigenvalue weighted by Crippen LogP contribution is -2.20. The minimum Gasteiger partial charge on any atom is -0.321 e. The molecule has 0 saturated heterocycles. The Hall–Kier alpha value is -1.73. The van der Waals surface area contributed by atoms with Crippen LogP contribution in [0.4, 0.5) is 0 Å². The standard InChI is InChI=1S/C13H18N4O2S/c1-10-15-16-13(12(14)8-9-20(2,18)19)17(10)11-6-4-3-5-7-11/h3-7,12H,8-9,14H2,1-2H3. The maximum atomic E-state index is 11.2. The van der Waals surface area contributed by atoms with Crippen LogP contribution in [0.1, 0.15) is 24.1 Å². The van der Waals surface area contributed by atoms with E-state index in [0.29, 0.717) is 12.2 Å². The predicted octanol–water partition coefficient (Wildman–Crippen LogP) is 1.01. The monoisotopic (exact) mass is 294 g/mol. The molecule has 6 nitrogen and oxygen atoms in total. The van der Waals surface area contributed by atoms with Crippen LogP contribution < -0.4 is 5.73 Å². The topological polar surface area (TPSA) is 90.9 Å². The highest BCUT2D eigenvalue weighted by Crippen LogP contribution is 2.19. The molecule has 2 rings (SSSR count). The summed E-state index contributed by atoms with van der Waals surface area (Å²) in [4.78, 5) is 0. The molecule has 2 N–H and O–H groups in total. The lowest BCUT2D eigenvalue weighted by molar-refractivity contribution is 0.583. The zero-order valence-corrected chi connectivity index (χ0v) is 12.3. The van der Waals surface area contributed by atoms with E-state index in [9.17, 15) is 8.42 Å². The number of benzene rings is 1. The van der Waals surface area contributed by atoms with Crippen molar-refractivity contribution in [2.24, 2.45) is 5.73 Å². The summed E-state index contributed by atoms with van der Waals surface area (Å²) in [5, 5.41) is 8.13. The molecule has 1 aromatic carbocycles. The fourth-order valence-corrected chi connectivity index (χ4v) is 2.67. The van der Waals surface area contributed by atoms with Crippen molar-refractivity contribution in [2.75, 3.05) is 12.0 Å². The SMILES string of the molecule is Cc1nnc(C(N)CCS(C)(=O)=O)n1-c1ccccc1. The van der Waals surface area contributed by atoms with Gasteiger partial charge < -0.3 is 5.73 Å². The first-order valence-corrected chi connectivity index (χ1v) is 8.35. The van der Waals surface area contributed by atoms with Crippen LogP contribution in [0.25, 0.3) is 5.69 Å². The molecule has 0 radical (unpaired) electrons. The van der Waals surface area contributed by atoms with Gasteiger partial charge in [-0.05, 0) is 25.5 Å². The van der Waals surface area contributed by atoms with Crippen molar-refractivity contribution in [3.05, 3.63) is 42.0 Å². The quantitative estimate of drug-likeness (QED) is 0.888. The number of nitrogens with zero attached hydrogens (tertiary/aromatic N) is 3. The van der Waals surface area contributed by atoms with Gasteiger partial charge in [0.05, 0.1) is 11.8 Å². The number of aryl methyl sites for hydroxylation is 1. The van der Waals surface area contributed by atoms with Gasteiger partial charge in [0.2, 0.25) is 0 Å². The van der Waals surface area contributed by atoms with Gasteiger partial charge in [-0.15, -0.1) is 10.2 Å². The van der Waals surface area contributed by atoms with Gasteiger partial charge in [-0.3, -0.25) is 4.57 Å². The number of rotatable bonds is 5. The van der Waals surface area contributed by atoms with Gasteiger partial charge in [-0.2, -0.15) is 0 Å². The molecular formula is C13H18N4O2S. The predicted molar refractivity (Wildman–Crippen MR) is 77.4 cm³/mol. The summed E-state index contributed by atoms with van der Waals surface area (Å²) >= 11 is 0. The molecule has 0 aliphatic carbocycles. The van der Waals surface area contributed by atoms with Crippen molar-refractivity contribution in [3.8, 4) is 5.69 Å². The summed E-state index contributed by atoms with van der Waals surface area (Å²) in [6.45, 7) is 1.84. The van der Waals surface area contributed by atoms with E-state index in [1.807, 2.05) is 41.8 Å². The lowest BCUT2D eigenvalue weighted by atomic mass is 10.2. The Morgan fingerprint density at radius 3 is 2.50 bits per heavy atom. The van der Waals surface area contributed by atoms with Gasteiger partial charge in [-0.25, -0.2) is 8.42 Å². The van der Waals surface area contributed by atoms with Crippen molar-refractivity contribution in [1.82, 2.24) is 14.8 Å². The smallest absolute Gasteiger partial charge is 0.154 e. The highest BCUT2D eigenvalue weighted by atomic mass is 32.2. The minimum atomic E-state index is -3.04. The lowest BCUT2D eigenvalue weighted by Gasteiger charge is -2.13. The van der Waals surface area contributed by atoms with Crippen LogP contribution in [-0.4, -0.2) is 35.2 Å². The van der Waals surface area contributed by atoms with Crippen molar-refractivity contribution >= 4 is 9.84 Å². The van der Waals surface area contributed by atoms with Gasteiger partial charge in [0, 0.05) is 11.9 Å². The molecular weight excluding hydrogens is 276 g/mol. The third-order valence-electron chi connectivity index (χ3n) is 3.00. The molecule has 1 aromatic heterocycles. The van der Waals surface area contributed by atoms with Crippen LogP contribution in [0.5, 0.6) is 0 Å². The Balaban J connectivity index is 2.30. The number of hydrogen-bond acceptors (Lipinski definition) is 5. The summed E-state index contributed by atoms with van der Waals surface area (Å²) in [6.07, 6.45) is 1.52. The molecule has 0 saturated carbocycles. The molecule has 7 heteroatoms. The Morgan fingerprint density at radius 1 is 1.25 bits per heavy atom. The minimum absolute atomic E-state index is 0.0366. The molecule has 0 bridgehead atoms. The fraction of sp³-hybridized carbons (Fsp3) is 0.385. The van der Waals surface area contributed by atoms with Gasteiger partial charge in [-0.1, -0.05) is 18.2 Å². The number of aromatic nitrogens is 3. The van der Waals surface area contributed by atoms with Crippen LogP contribution >= 0.6 is 0 Å². The Kier molecular flexibility index (Phi) is 4.20. The zero-order chi connectivity index (χ0) is 14.8. The molecule has 1 heterocycles. The van der Waals surface area contributed by atoms with Gasteiger partial charge in [0.1, 0.15) is 15.7 Å². The van der Waals surface area contributed by atoms with E-state index in [-0.39, 0.29) is 5.75 Å². The summed E-state index contributed by atoms with van der Waals surface area (Å²) in [6, 6.07) is 9.16. The van der Waals surface area contributed by atoms with E-state index in [4.69, 9.17) is 5.73 Å². The first kappa shape index (κ1) is 14.7. The number of sulfone groups is 1. The second-order valence-corrected chi connectivity index (χ2v) is 7.06. The molecule has 1 atom stereocenters. The highest BCUT2D eigenvalue weighted by Gasteiger charge is 2.18. The maximum Gasteiger partial charge on any atom is 0.154 e. The first-order chi connectivity index (χ1) is 9.38. The van der Waals surface area contributed by atoms with E-state index in [2.05, 4.69) is 10.2 Å². The Bertz CT molecular complexity index is 680. The average molecular weight is 294 g/mol. The Morgan fingerprint density at radius 2 is 1.90 bits per heavy atom. The van der Waals surface area contributed by atoms with Crippen molar-refractivity contribution in [3.63, 3.8) is 0 Å². The summed E-state index contributed by atoms with van der Waals surface area (Å²) in [5.74, 6) is 1.34. The summed E-state index contributed by atoms with van der Waals surface area (Å²) in [7, 11) is -3.04. The first-order valence-electron chi connectivity index (χ1n) is 6.29. The van der Waals surface area contributed by atoms with Crippen molar-refractivity contribution < 1.29 is 8.42 Å². The molecule has 0 aliphatic rings. The molecule has 1 unspecified atom stereocenters. The molecule has 108 valence electrons. The van der Waals surface area contributed by atoms with Crippen LogP contribution in [0.3, 0.4) is 0 Å². The molecule has 0 amide bonds. The maximum absolute atomic E-state index is 11.2. The molecule has 2 aromatic rings. The average Bonchev–Trinajstić information content (AvgIpc) is 2.78. The molecule has 0 aliphatic heterocycles. The number of para-hydroxylation sites is 1. The third kappa shape index (κ3) is 3.43. The molecule has 0 fully saturated rings. The van der Waals surface area contributed by atoms with E-state index in [1.165, 1.54) is 6.26 Å². The van der Waals surface area contributed by atoms with E-state index < -0.39 is 15.9 Å². The number of nitrogens with two attached hydrogens (primary N) is 1. The van der Waals surface area contributed by atoms with E-state index in [1.54, 1.807) is 0 Å². The van der Waals surface area contributed by atoms with E-state index >= 15 is 0 Å². The second kappa shape index (κ2) is 5.72. The van der Waals surface area contributed by atoms with Crippen LogP contribution in [0.2, 0.25) is 0 Å². The summed E-state index contributed by atoms with van der Waals surface area (Å²) in [5.41, 5.74) is 6.98. The van der Waals surface area contributed by atoms with Gasteiger partial charge >= 0.3 is 0 Å². The van der Waals surface area contributed by atoms with Crippen LogP contribution in [-0.2, 0) is 9.84 Å². The largest absolute Gasteiger partial charge is 0.321 e. The molecule has 20 heavy (non-hydrogen) atoms. The summed E-state index contributed by atoms with van der Waals surface area (Å²) < 4.78 is 24.3. The van der Waals surface area contributed by atoms with Crippen LogP contribution in [0, 0.1) is 6.92 Å². The van der Waals surface area contributed by atoms with Gasteiger partial charge in [0.15, 0.2) is 5.82 Å². The van der Waals surface area contributed by atoms with Crippen molar-refractivity contribution in [2.45, 2.75) is 19.4 Å². The molecule has 0 spiro atoms. The van der Waals surface area contributed by atoms with Crippen molar-refractivity contribution in [1.29, 1.82) is 0 Å². The third-order valence-corrected chi connectivity index (χ3v) is 3.97. The van der Waals surface area contributed by atoms with E-state index in [0.717, 1.165) is 11.5 Å². The fourth-order valence-electron chi connectivity index (χ4n) is 1.99. The normalized spacial score (nSPS) is 13.3. The zero-order valence-electron chi connectivity index (χ0n) is 11.5. The second-order valence-electron chi connectivity index (χ2n) is 4.80.